The normalized spacial score (nSPS) is 20.2. The number of nitrogens with zero attached hydrogens (tertiary/aromatic N) is 6. The van der Waals surface area contributed by atoms with Gasteiger partial charge in [-0.3, -0.25) is 29.0 Å². The van der Waals surface area contributed by atoms with E-state index in [-0.39, 0.29) is 42.2 Å². The summed E-state index contributed by atoms with van der Waals surface area (Å²) >= 11 is 0. The smallest absolute Gasteiger partial charge is 0.404 e. The highest BCUT2D eigenvalue weighted by molar-refractivity contribution is 7.46. The second-order valence-electron chi connectivity index (χ2n) is 18.6. The van der Waals surface area contributed by atoms with Gasteiger partial charge in [0.2, 0.25) is 17.7 Å². The van der Waals surface area contributed by atoms with Gasteiger partial charge in [0.15, 0.2) is 5.82 Å². The number of amides is 3. The van der Waals surface area contributed by atoms with Gasteiger partial charge in [-0.15, -0.1) is 10.2 Å². The van der Waals surface area contributed by atoms with Crippen molar-refractivity contribution in [3.8, 4) is 5.75 Å². The van der Waals surface area contributed by atoms with Gasteiger partial charge >= 0.3 is 7.82 Å². The Labute approximate surface area is 386 Å². The summed E-state index contributed by atoms with van der Waals surface area (Å²) in [7, 11) is -4.76. The number of hydrogen-bond donors (Lipinski definition) is 5. The lowest BCUT2D eigenvalue weighted by atomic mass is 9.91. The van der Waals surface area contributed by atoms with Crippen molar-refractivity contribution in [2.75, 3.05) is 45.8 Å². The van der Waals surface area contributed by atoms with Crippen LogP contribution in [-0.2, 0) is 36.6 Å². The molecular formula is C47H78N9O8P. The number of Topliss-reactive ketones (excluding diaryl/α,β-unsaturated/α-hetero) is 1. The number of carbonyl (C=O) groups excluding carboxylic acids is 4. The zero-order valence-electron chi connectivity index (χ0n) is 39.0. The van der Waals surface area contributed by atoms with Gasteiger partial charge in [-0.2, -0.15) is 5.21 Å². The van der Waals surface area contributed by atoms with Crippen LogP contribution in [-0.4, -0.2) is 133 Å². The van der Waals surface area contributed by atoms with E-state index in [0.29, 0.717) is 56.6 Å². The third-order valence-corrected chi connectivity index (χ3v) is 13.9. The van der Waals surface area contributed by atoms with Gasteiger partial charge in [-0.25, -0.2) is 4.57 Å². The fourth-order valence-electron chi connectivity index (χ4n) is 9.71. The number of phosphoric ester groups is 1. The van der Waals surface area contributed by atoms with Crippen LogP contribution >= 0.6 is 7.82 Å². The average molecular weight is 928 g/mol. The van der Waals surface area contributed by atoms with Crippen LogP contribution < -0.4 is 15.2 Å². The minimum Gasteiger partial charge on any atom is -0.404 e. The van der Waals surface area contributed by atoms with Crippen molar-refractivity contribution in [1.29, 1.82) is 0 Å². The number of rotatable bonds is 30. The summed E-state index contributed by atoms with van der Waals surface area (Å²) in [5.41, 5.74) is 0.673. The van der Waals surface area contributed by atoms with Gasteiger partial charge in [0.1, 0.15) is 23.6 Å². The van der Waals surface area contributed by atoms with Crippen molar-refractivity contribution in [2.24, 2.45) is 5.92 Å². The molecule has 3 aliphatic rings. The molecule has 2 aromatic rings. The maximum absolute atomic E-state index is 14.3. The predicted octanol–water partition coefficient (Wildman–Crippen LogP) is 6.06. The standard InChI is InChI=1S/C47H78N9O8P/c1-2-3-4-5-6-7-8-9-10-11-12-13-14-17-29-54-31-33-55(34-32-54)30-27-40(57)36-38(35-37-20-23-41(24-21-37)64-65(61,62)63)45(58)49-42-19-16-15-18-39-22-25-43(56(39)47(42)60)46(59)48-28-26-44-50-52-53-51-44/h20-21,23-24,38-39,42-43H,2-19,22,25-36H2,1H3,(H,48,59)(H,49,58)(H2,61,62,63)(H,50,51,52,53)/t38-,39?,42+,43+/m1/s1. The molecule has 1 unspecified atom stereocenters. The molecule has 5 rings (SSSR count). The first-order valence-corrected chi connectivity index (χ1v) is 26.4. The van der Waals surface area contributed by atoms with Gasteiger partial charge in [-0.05, 0) is 62.8 Å². The van der Waals surface area contributed by atoms with Gasteiger partial charge in [0.25, 0.3) is 0 Å². The third kappa shape index (κ3) is 19.2. The number of hydrogen-bond acceptors (Lipinski definition) is 11. The van der Waals surface area contributed by atoms with Gasteiger partial charge < -0.3 is 29.9 Å². The Morgan fingerprint density at radius 2 is 1.45 bits per heavy atom. The number of aromatic amines is 1. The summed E-state index contributed by atoms with van der Waals surface area (Å²) in [6.45, 7) is 8.06. The van der Waals surface area contributed by atoms with Crippen molar-refractivity contribution < 1.29 is 38.1 Å². The fraction of sp³-hybridized carbons (Fsp3) is 0.766. The molecule has 0 spiro atoms. The van der Waals surface area contributed by atoms with Gasteiger partial charge in [0, 0.05) is 70.5 Å². The van der Waals surface area contributed by atoms with E-state index in [9.17, 15) is 33.5 Å². The number of H-pyrrole nitrogens is 1. The van der Waals surface area contributed by atoms with E-state index < -0.39 is 31.7 Å². The lowest BCUT2D eigenvalue weighted by Crippen LogP contribution is -2.57. The molecule has 4 atom stereocenters. The monoisotopic (exact) mass is 928 g/mol. The molecular weight excluding hydrogens is 850 g/mol. The second-order valence-corrected chi connectivity index (χ2v) is 19.8. The van der Waals surface area contributed by atoms with Crippen LogP contribution in [0, 0.1) is 5.92 Å². The number of aromatic nitrogens is 4. The number of fused-ring (bicyclic) bond motifs is 1. The zero-order valence-corrected chi connectivity index (χ0v) is 39.9. The topological polar surface area (TPSA) is 223 Å². The molecule has 65 heavy (non-hydrogen) atoms. The second kappa shape index (κ2) is 28.4. The number of tetrazole rings is 1. The zero-order chi connectivity index (χ0) is 46.3. The van der Waals surface area contributed by atoms with E-state index >= 15 is 0 Å². The first-order valence-electron chi connectivity index (χ1n) is 24.9. The largest absolute Gasteiger partial charge is 0.524 e. The van der Waals surface area contributed by atoms with E-state index in [4.69, 9.17) is 4.52 Å². The Bertz CT molecular complexity index is 1760. The van der Waals surface area contributed by atoms with E-state index in [2.05, 4.69) is 48.0 Å². The van der Waals surface area contributed by atoms with E-state index in [1.54, 1.807) is 17.0 Å². The van der Waals surface area contributed by atoms with Crippen molar-refractivity contribution in [3.63, 3.8) is 0 Å². The summed E-state index contributed by atoms with van der Waals surface area (Å²) < 4.78 is 16.1. The summed E-state index contributed by atoms with van der Waals surface area (Å²) in [5, 5.41) is 19.7. The van der Waals surface area contributed by atoms with Crippen LogP contribution in [0.2, 0.25) is 0 Å². The molecule has 4 heterocycles. The molecule has 3 saturated heterocycles. The lowest BCUT2D eigenvalue weighted by molar-refractivity contribution is -0.144. The van der Waals surface area contributed by atoms with Crippen molar-refractivity contribution >= 4 is 31.3 Å². The predicted molar refractivity (Wildman–Crippen MR) is 249 cm³/mol. The molecule has 0 saturated carbocycles. The first-order chi connectivity index (χ1) is 31.5. The summed E-state index contributed by atoms with van der Waals surface area (Å²) in [4.78, 5) is 80.6. The molecule has 3 aliphatic heterocycles. The van der Waals surface area contributed by atoms with Crippen LogP contribution in [0.25, 0.3) is 0 Å². The number of piperazine rings is 1. The van der Waals surface area contributed by atoms with E-state index in [1.807, 2.05) is 0 Å². The Hall–Kier alpha value is -3.76. The van der Waals surface area contributed by atoms with Gasteiger partial charge in [-0.1, -0.05) is 121 Å². The van der Waals surface area contributed by atoms with Crippen LogP contribution in [0.4, 0.5) is 0 Å². The Morgan fingerprint density at radius 3 is 2.06 bits per heavy atom. The summed E-state index contributed by atoms with van der Waals surface area (Å²) in [6.07, 6.45) is 23.8. The van der Waals surface area contributed by atoms with Crippen molar-refractivity contribution in [2.45, 2.75) is 179 Å². The highest BCUT2D eigenvalue weighted by Gasteiger charge is 2.44. The third-order valence-electron chi connectivity index (χ3n) is 13.5. The van der Waals surface area contributed by atoms with Crippen LogP contribution in [0.1, 0.15) is 160 Å². The molecule has 3 fully saturated rings. The van der Waals surface area contributed by atoms with Gasteiger partial charge in [0.05, 0.1) is 0 Å². The molecule has 0 radical (unpaired) electrons. The van der Waals surface area contributed by atoms with Crippen LogP contribution in [0.15, 0.2) is 24.3 Å². The van der Waals surface area contributed by atoms with E-state index in [1.165, 1.54) is 102 Å². The average Bonchev–Trinajstić information content (AvgIpc) is 3.97. The number of carbonyl (C=O) groups is 4. The summed E-state index contributed by atoms with van der Waals surface area (Å²) in [6, 6.07) is 4.46. The number of benzene rings is 1. The molecule has 0 aliphatic carbocycles. The molecule has 5 N–H and O–H groups in total. The first kappa shape index (κ1) is 52.2. The Balaban J connectivity index is 1.07. The molecule has 18 heteroatoms. The maximum atomic E-state index is 14.3. The molecule has 364 valence electrons. The van der Waals surface area contributed by atoms with E-state index in [0.717, 1.165) is 52.0 Å². The maximum Gasteiger partial charge on any atom is 0.524 e. The van der Waals surface area contributed by atoms with Crippen molar-refractivity contribution in [3.05, 3.63) is 35.7 Å². The minimum absolute atomic E-state index is 0.0208. The van der Waals surface area contributed by atoms with Crippen molar-refractivity contribution in [1.82, 2.24) is 46.0 Å². The molecule has 3 amide bonds. The number of nitrogens with one attached hydrogen (secondary N) is 3. The fourth-order valence-corrected chi connectivity index (χ4v) is 10.1. The number of ketones is 1. The van der Waals surface area contributed by atoms with Crippen LogP contribution in [0.5, 0.6) is 5.75 Å². The Kier molecular flexibility index (Phi) is 22.8. The minimum atomic E-state index is -4.76. The number of unbranched alkanes of at least 4 members (excludes halogenated alkanes) is 13. The Morgan fingerprint density at radius 1 is 0.831 bits per heavy atom. The summed E-state index contributed by atoms with van der Waals surface area (Å²) in [5.74, 6) is -1.34. The SMILES string of the molecule is CCCCCCCCCCCCCCCCN1CCN(CCC(=O)C[C@@H](Cc2ccc(OP(=O)(O)O)cc2)C(=O)N[C@H]2CCCCC3CC[C@@H](C(=O)NCCc4nn[nH]n4)N3C2=O)CC1. The lowest BCUT2D eigenvalue weighted by Gasteiger charge is -2.35. The molecule has 1 aromatic carbocycles. The highest BCUT2D eigenvalue weighted by atomic mass is 31.2. The highest BCUT2D eigenvalue weighted by Crippen LogP contribution is 2.37. The number of phosphoric acid groups is 1. The molecule has 1 aromatic heterocycles. The quantitative estimate of drug-likeness (QED) is 0.0445. The molecule has 0 bridgehead atoms. The molecule has 17 nitrogen and oxygen atoms in total. The van der Waals surface area contributed by atoms with Crippen LogP contribution in [0.3, 0.4) is 0 Å².